The summed E-state index contributed by atoms with van der Waals surface area (Å²) in [5.74, 6) is -4.15. The molecular formula is C20H15F4NO6. The maximum Gasteiger partial charge on any atom is 0.573 e. The lowest BCUT2D eigenvalue weighted by Crippen LogP contribution is -2.23. The molecule has 0 aromatic heterocycles. The number of hydrogen-bond acceptors (Lipinski definition) is 5. The van der Waals surface area contributed by atoms with E-state index in [1.165, 1.54) is 18.2 Å². The van der Waals surface area contributed by atoms with Gasteiger partial charge < -0.3 is 25.4 Å². The molecule has 0 saturated carbocycles. The molecular weight excluding hydrogens is 426 g/mol. The summed E-state index contributed by atoms with van der Waals surface area (Å²) < 4.78 is 55.5. The standard InChI is InChI=1S/C20H15F4NO6/c21-12-7-10(9-2-1-3-11(6-9)31-20(22,23)24)4-5-13(12)25-18(28)16-14(26)8-15(27)17(16)19(29)30/h1-7,14-15,26-27H,8H2,(H,25,28)(H,29,30). The Morgan fingerprint density at radius 2 is 1.65 bits per heavy atom. The highest BCUT2D eigenvalue weighted by Crippen LogP contribution is 2.31. The molecule has 0 radical (unpaired) electrons. The topological polar surface area (TPSA) is 116 Å². The minimum absolute atomic E-state index is 0.185. The van der Waals surface area contributed by atoms with Crippen LogP contribution in [-0.2, 0) is 9.59 Å². The highest BCUT2D eigenvalue weighted by Gasteiger charge is 2.39. The zero-order chi connectivity index (χ0) is 22.9. The number of benzene rings is 2. The first kappa shape index (κ1) is 22.2. The van der Waals surface area contributed by atoms with Crippen LogP contribution < -0.4 is 10.1 Å². The molecule has 1 amide bonds. The molecule has 0 aliphatic heterocycles. The number of carboxylic acid groups (broad SMARTS) is 1. The molecule has 2 aromatic rings. The van der Waals surface area contributed by atoms with Crippen LogP contribution in [-0.4, -0.2) is 45.8 Å². The summed E-state index contributed by atoms with van der Waals surface area (Å²) in [7, 11) is 0. The molecule has 0 fully saturated rings. The lowest BCUT2D eigenvalue weighted by atomic mass is 10.0. The second-order valence-electron chi connectivity index (χ2n) is 6.62. The van der Waals surface area contributed by atoms with Crippen LogP contribution in [0.1, 0.15) is 6.42 Å². The number of carboxylic acids is 1. The Kier molecular flexibility index (Phi) is 6.00. The fourth-order valence-corrected chi connectivity index (χ4v) is 3.20. The minimum atomic E-state index is -4.89. The fourth-order valence-electron chi connectivity index (χ4n) is 3.20. The third-order valence-corrected chi connectivity index (χ3v) is 4.50. The molecule has 2 unspecified atom stereocenters. The summed E-state index contributed by atoms with van der Waals surface area (Å²) in [4.78, 5) is 23.6. The van der Waals surface area contributed by atoms with Crippen LogP contribution in [0.4, 0.5) is 23.2 Å². The molecule has 7 nitrogen and oxygen atoms in total. The van der Waals surface area contributed by atoms with E-state index < -0.39 is 53.2 Å². The third-order valence-electron chi connectivity index (χ3n) is 4.50. The molecule has 0 bridgehead atoms. The van der Waals surface area contributed by atoms with Gasteiger partial charge in [-0.05, 0) is 35.4 Å². The van der Waals surface area contributed by atoms with E-state index in [0.717, 1.165) is 24.3 Å². The number of aliphatic hydroxyl groups is 2. The minimum Gasteiger partial charge on any atom is -0.478 e. The fraction of sp³-hybridized carbons (Fsp3) is 0.200. The molecule has 0 spiro atoms. The van der Waals surface area contributed by atoms with Gasteiger partial charge in [-0.15, -0.1) is 13.2 Å². The van der Waals surface area contributed by atoms with Gasteiger partial charge in [0.25, 0.3) is 5.91 Å². The predicted octanol–water partition coefficient (Wildman–Crippen LogP) is 2.84. The van der Waals surface area contributed by atoms with Crippen molar-refractivity contribution in [3.8, 4) is 16.9 Å². The van der Waals surface area contributed by atoms with E-state index in [0.29, 0.717) is 0 Å². The highest BCUT2D eigenvalue weighted by molar-refractivity contribution is 6.10. The lowest BCUT2D eigenvalue weighted by molar-refractivity contribution is -0.274. The molecule has 2 atom stereocenters. The normalized spacial score (nSPS) is 18.8. The van der Waals surface area contributed by atoms with E-state index in [1.807, 2.05) is 0 Å². The van der Waals surface area contributed by atoms with Gasteiger partial charge in [0, 0.05) is 6.42 Å². The number of halogens is 4. The van der Waals surface area contributed by atoms with Crippen molar-refractivity contribution in [2.45, 2.75) is 25.0 Å². The summed E-state index contributed by atoms with van der Waals surface area (Å²) >= 11 is 0. The molecule has 1 aliphatic rings. The Morgan fingerprint density at radius 3 is 2.26 bits per heavy atom. The van der Waals surface area contributed by atoms with Gasteiger partial charge in [-0.1, -0.05) is 18.2 Å². The Labute approximate surface area is 172 Å². The van der Waals surface area contributed by atoms with Crippen LogP contribution in [0.25, 0.3) is 11.1 Å². The van der Waals surface area contributed by atoms with E-state index in [2.05, 4.69) is 10.1 Å². The van der Waals surface area contributed by atoms with Crippen LogP contribution in [0.3, 0.4) is 0 Å². The summed E-state index contributed by atoms with van der Waals surface area (Å²) in [6.45, 7) is 0. The number of alkyl halides is 3. The molecule has 11 heteroatoms. The SMILES string of the molecule is O=C(O)C1=C(C(=O)Nc2ccc(-c3cccc(OC(F)(F)F)c3)cc2F)C(O)CC1O. The number of rotatable bonds is 5. The van der Waals surface area contributed by atoms with Gasteiger partial charge in [-0.25, -0.2) is 9.18 Å². The van der Waals surface area contributed by atoms with E-state index in [-0.39, 0.29) is 23.2 Å². The number of anilines is 1. The maximum absolute atomic E-state index is 14.5. The van der Waals surface area contributed by atoms with Gasteiger partial charge in [-0.2, -0.15) is 0 Å². The van der Waals surface area contributed by atoms with Gasteiger partial charge >= 0.3 is 12.3 Å². The van der Waals surface area contributed by atoms with Gasteiger partial charge in [0.15, 0.2) is 0 Å². The largest absolute Gasteiger partial charge is 0.573 e. The Morgan fingerprint density at radius 1 is 1.00 bits per heavy atom. The number of carbonyl (C=O) groups is 2. The first-order valence-electron chi connectivity index (χ1n) is 8.77. The predicted molar refractivity (Wildman–Crippen MR) is 98.4 cm³/mol. The van der Waals surface area contributed by atoms with E-state index in [4.69, 9.17) is 5.11 Å². The van der Waals surface area contributed by atoms with Crippen molar-refractivity contribution in [3.63, 3.8) is 0 Å². The summed E-state index contributed by atoms with van der Waals surface area (Å²) in [6.07, 6.45) is -8.37. The molecule has 2 aromatic carbocycles. The van der Waals surface area contributed by atoms with Crippen LogP contribution >= 0.6 is 0 Å². The number of hydrogen-bond donors (Lipinski definition) is 4. The van der Waals surface area contributed by atoms with E-state index in [9.17, 15) is 37.4 Å². The zero-order valence-electron chi connectivity index (χ0n) is 15.5. The average molecular weight is 441 g/mol. The van der Waals surface area contributed by atoms with Crippen LogP contribution in [0, 0.1) is 5.82 Å². The molecule has 0 heterocycles. The lowest BCUT2D eigenvalue weighted by Gasteiger charge is -2.13. The zero-order valence-corrected chi connectivity index (χ0v) is 15.5. The average Bonchev–Trinajstić information content (AvgIpc) is 2.96. The Balaban J connectivity index is 1.84. The van der Waals surface area contributed by atoms with Gasteiger partial charge in [-0.3, -0.25) is 4.79 Å². The first-order valence-corrected chi connectivity index (χ1v) is 8.77. The monoisotopic (exact) mass is 441 g/mol. The Hall–Kier alpha value is -3.44. The summed E-state index contributed by atoms with van der Waals surface area (Å²) in [5.41, 5.74) is -1.22. The van der Waals surface area contributed by atoms with Crippen molar-refractivity contribution in [3.05, 3.63) is 59.4 Å². The quantitative estimate of drug-likeness (QED) is 0.531. The summed E-state index contributed by atoms with van der Waals surface area (Å²) in [6, 6.07) is 8.25. The molecule has 31 heavy (non-hydrogen) atoms. The van der Waals surface area contributed by atoms with Gasteiger partial charge in [0.05, 0.1) is 29.0 Å². The second kappa shape index (κ2) is 8.36. The van der Waals surface area contributed by atoms with Crippen molar-refractivity contribution in [1.82, 2.24) is 0 Å². The number of ether oxygens (including phenoxy) is 1. The molecule has 4 N–H and O–H groups in total. The van der Waals surface area contributed by atoms with Crippen molar-refractivity contribution >= 4 is 17.6 Å². The van der Waals surface area contributed by atoms with Crippen molar-refractivity contribution < 1.29 is 47.2 Å². The second-order valence-corrected chi connectivity index (χ2v) is 6.62. The van der Waals surface area contributed by atoms with Crippen molar-refractivity contribution in [2.24, 2.45) is 0 Å². The van der Waals surface area contributed by atoms with Gasteiger partial charge in [0.1, 0.15) is 11.6 Å². The number of aliphatic carboxylic acids is 1. The van der Waals surface area contributed by atoms with Crippen LogP contribution in [0.15, 0.2) is 53.6 Å². The van der Waals surface area contributed by atoms with E-state index >= 15 is 0 Å². The molecule has 0 saturated heterocycles. The number of nitrogens with one attached hydrogen (secondary N) is 1. The number of amides is 1. The summed E-state index contributed by atoms with van der Waals surface area (Å²) in [5, 5.41) is 30.8. The smallest absolute Gasteiger partial charge is 0.478 e. The number of carbonyl (C=O) groups excluding carboxylic acids is 1. The van der Waals surface area contributed by atoms with Gasteiger partial charge in [0.2, 0.25) is 0 Å². The van der Waals surface area contributed by atoms with Crippen molar-refractivity contribution in [1.29, 1.82) is 0 Å². The van der Waals surface area contributed by atoms with Crippen molar-refractivity contribution in [2.75, 3.05) is 5.32 Å². The van der Waals surface area contributed by atoms with Crippen LogP contribution in [0.2, 0.25) is 0 Å². The Bertz CT molecular complexity index is 1070. The van der Waals surface area contributed by atoms with Crippen LogP contribution in [0.5, 0.6) is 5.75 Å². The highest BCUT2D eigenvalue weighted by atomic mass is 19.4. The van der Waals surface area contributed by atoms with E-state index in [1.54, 1.807) is 0 Å². The molecule has 3 rings (SSSR count). The maximum atomic E-state index is 14.5. The molecule has 1 aliphatic carbocycles. The number of aliphatic hydroxyl groups excluding tert-OH is 2. The first-order chi connectivity index (χ1) is 14.5. The third kappa shape index (κ3) is 5.01. The molecule has 164 valence electrons.